The van der Waals surface area contributed by atoms with E-state index in [-0.39, 0.29) is 37.7 Å². The third-order valence-corrected chi connectivity index (χ3v) is 5.33. The molecule has 1 fully saturated rings. The molecule has 0 bridgehead atoms. The van der Waals surface area contributed by atoms with E-state index in [1.807, 2.05) is 0 Å². The summed E-state index contributed by atoms with van der Waals surface area (Å²) in [6.07, 6.45) is 19.4. The average molecular weight is 433 g/mol. The van der Waals surface area contributed by atoms with Crippen LogP contribution in [0.2, 0.25) is 0 Å². The van der Waals surface area contributed by atoms with Crippen molar-refractivity contribution in [1.29, 1.82) is 0 Å². The van der Waals surface area contributed by atoms with Gasteiger partial charge < -0.3 is 16.6 Å². The Kier molecular flexibility index (Phi) is 10.2. The van der Waals surface area contributed by atoms with E-state index in [9.17, 15) is 10.2 Å². The summed E-state index contributed by atoms with van der Waals surface area (Å²) in [5.41, 5.74) is 0.684. The molecule has 0 spiro atoms. The van der Waals surface area contributed by atoms with Crippen LogP contribution in [0.15, 0.2) is 61.1 Å². The Balaban J connectivity index is 0.000000596. The van der Waals surface area contributed by atoms with Crippen LogP contribution in [0.25, 0.3) is 0 Å². The van der Waals surface area contributed by atoms with Crippen LogP contribution in [0.3, 0.4) is 0 Å². The fourth-order valence-corrected chi connectivity index (χ4v) is 4.15. The smallest absolute Gasteiger partial charge is 0.876 e. The van der Waals surface area contributed by atoms with Crippen molar-refractivity contribution in [3.8, 4) is 0 Å². The minimum absolute atomic E-state index is 0. The number of hydrogen-bond acceptors (Lipinski definition) is 2. The van der Waals surface area contributed by atoms with Gasteiger partial charge in [0.25, 0.3) is 0 Å². The second-order valence-corrected chi connectivity index (χ2v) is 8.17. The van der Waals surface area contributed by atoms with Gasteiger partial charge in [-0.25, -0.2) is 0 Å². The van der Waals surface area contributed by atoms with Gasteiger partial charge in [-0.3, -0.25) is 0 Å². The van der Waals surface area contributed by atoms with Gasteiger partial charge in [0, 0.05) is 5.92 Å². The zero-order chi connectivity index (χ0) is 19.3. The summed E-state index contributed by atoms with van der Waals surface area (Å²) in [4.78, 5) is 0. The molecule has 3 aliphatic carbocycles. The summed E-state index contributed by atoms with van der Waals surface area (Å²) in [7, 11) is 0. The number of allylic oxidation sites excluding steroid dienone is 8. The van der Waals surface area contributed by atoms with Gasteiger partial charge in [0.1, 0.15) is 0 Å². The molecule has 0 aromatic rings. The largest absolute Gasteiger partial charge is 3.00 e. The zero-order valence-electron chi connectivity index (χ0n) is 16.9. The predicted octanol–water partition coefficient (Wildman–Crippen LogP) is 4.32. The Morgan fingerprint density at radius 2 is 1.46 bits per heavy atom. The first-order valence-electron chi connectivity index (χ1n) is 9.04. The van der Waals surface area contributed by atoms with Gasteiger partial charge in [0.2, 0.25) is 0 Å². The number of hydrogen-bond donors (Lipinski definition) is 0. The van der Waals surface area contributed by atoms with Crippen molar-refractivity contribution in [3.05, 3.63) is 67.6 Å². The van der Waals surface area contributed by atoms with Gasteiger partial charge >= 0.3 is 26.2 Å². The van der Waals surface area contributed by atoms with Crippen molar-refractivity contribution in [3.63, 3.8) is 0 Å². The van der Waals surface area contributed by atoms with Crippen molar-refractivity contribution < 1.29 is 36.4 Å². The molecule has 1 saturated carbocycles. The van der Waals surface area contributed by atoms with Gasteiger partial charge in [-0.1, -0.05) is 83.4 Å². The Hall–Kier alpha value is -0.817. The van der Waals surface area contributed by atoms with Gasteiger partial charge in [-0.15, -0.1) is 24.7 Å². The van der Waals surface area contributed by atoms with Crippen molar-refractivity contribution >= 4 is 0 Å². The number of rotatable bonds is 1. The quantitative estimate of drug-likeness (QED) is 0.352. The molecule has 3 rings (SSSR count). The Labute approximate surface area is 179 Å². The monoisotopic (exact) mass is 431 g/mol. The molecule has 0 aromatic heterocycles. The molecule has 2 nitrogen and oxygen atoms in total. The summed E-state index contributed by atoms with van der Waals surface area (Å²) in [6.45, 7) is 16.1. The molecule has 0 aliphatic heterocycles. The molecular formula is C23H33O2Zr. The van der Waals surface area contributed by atoms with Crippen LogP contribution in [0.5, 0.6) is 0 Å². The minimum Gasteiger partial charge on any atom is -0.876 e. The van der Waals surface area contributed by atoms with Crippen LogP contribution in [0.1, 0.15) is 47.5 Å². The predicted molar refractivity (Wildman–Crippen MR) is 103 cm³/mol. The summed E-state index contributed by atoms with van der Waals surface area (Å²) < 4.78 is 0. The third-order valence-electron chi connectivity index (χ3n) is 5.33. The first-order valence-corrected chi connectivity index (χ1v) is 9.04. The first-order chi connectivity index (χ1) is 11.5. The van der Waals surface area contributed by atoms with Gasteiger partial charge in [0.05, 0.1) is 0 Å². The fourth-order valence-electron chi connectivity index (χ4n) is 4.15. The molecule has 0 heterocycles. The first kappa shape index (κ1) is 25.2. The molecule has 0 saturated heterocycles. The molecule has 3 unspecified atom stereocenters. The van der Waals surface area contributed by atoms with Crippen molar-refractivity contribution in [2.75, 3.05) is 0 Å². The summed E-state index contributed by atoms with van der Waals surface area (Å²) in [6, 6.07) is 0. The molecule has 1 radical (unpaired) electrons. The molecule has 3 heteroatoms. The average Bonchev–Trinajstić information content (AvgIpc) is 3.14. The van der Waals surface area contributed by atoms with E-state index < -0.39 is 0 Å². The normalized spacial score (nSPS) is 30.2. The Morgan fingerprint density at radius 1 is 1.00 bits per heavy atom. The van der Waals surface area contributed by atoms with Crippen molar-refractivity contribution in [1.82, 2.24) is 0 Å². The molecule has 0 aromatic carbocycles. The molecule has 3 aliphatic rings. The van der Waals surface area contributed by atoms with Gasteiger partial charge in [0.15, 0.2) is 0 Å². The van der Waals surface area contributed by atoms with Gasteiger partial charge in [-0.2, -0.15) is 12.3 Å². The summed E-state index contributed by atoms with van der Waals surface area (Å²) in [5.74, 6) is 2.02. The van der Waals surface area contributed by atoms with Crippen LogP contribution < -0.4 is 10.2 Å². The maximum absolute atomic E-state index is 9.33. The molecular weight excluding hydrogens is 399 g/mol. The second kappa shape index (κ2) is 10.5. The van der Waals surface area contributed by atoms with E-state index in [0.717, 1.165) is 11.8 Å². The van der Waals surface area contributed by atoms with E-state index >= 15 is 0 Å². The van der Waals surface area contributed by atoms with Crippen LogP contribution in [0, 0.1) is 35.0 Å². The third kappa shape index (κ3) is 6.73. The standard InChI is InChI=1S/C17H23.2C3H6O.Zr/c1-16(2)11-12-17(3,13-7-4-5-8-13)15-10-6-9-14(15)16;2*1-3(2)4;/h4-5,7-9,11-15H,6,10H2,1-3H3;2*4H,1H2,2H3;/q-1;;;+3/p-2. The van der Waals surface area contributed by atoms with E-state index in [0.29, 0.717) is 16.7 Å². The molecule has 3 atom stereocenters. The molecule has 0 N–H and O–H groups in total. The maximum atomic E-state index is 9.33. The van der Waals surface area contributed by atoms with Crippen molar-refractivity contribution in [2.24, 2.45) is 28.6 Å². The Morgan fingerprint density at radius 3 is 1.92 bits per heavy atom. The number of fused-ring (bicyclic) bond motifs is 1. The molecule has 141 valence electrons. The topological polar surface area (TPSA) is 46.1 Å². The minimum atomic E-state index is -0.0833. The van der Waals surface area contributed by atoms with Crippen LogP contribution >= 0.6 is 0 Å². The van der Waals surface area contributed by atoms with Gasteiger partial charge in [-0.05, 0) is 10.8 Å². The maximum Gasteiger partial charge on any atom is 3.00 e. The van der Waals surface area contributed by atoms with E-state index in [1.54, 1.807) is 0 Å². The van der Waals surface area contributed by atoms with Crippen molar-refractivity contribution in [2.45, 2.75) is 47.5 Å². The van der Waals surface area contributed by atoms with Crippen LogP contribution in [-0.2, 0) is 26.2 Å². The second-order valence-electron chi connectivity index (χ2n) is 8.17. The van der Waals surface area contributed by atoms with E-state index in [4.69, 9.17) is 0 Å². The SMILES string of the molecule is C=C(C)[O-].C=C(C)[O-].CC1(C)C=CC(C)(C2C=CC=C2)C2CC[CH-]C21.[Zr+3]. The fraction of sp³-hybridized carbons (Fsp3) is 0.522. The van der Waals surface area contributed by atoms with Crippen LogP contribution in [-0.4, -0.2) is 0 Å². The summed E-state index contributed by atoms with van der Waals surface area (Å²) in [5, 5.41) is 18.7. The zero-order valence-corrected chi connectivity index (χ0v) is 19.4. The Bertz CT molecular complexity index is 539. The van der Waals surface area contributed by atoms with E-state index in [1.165, 1.54) is 26.7 Å². The summed E-state index contributed by atoms with van der Waals surface area (Å²) >= 11 is 0. The van der Waals surface area contributed by atoms with Crippen LogP contribution in [0.4, 0.5) is 0 Å². The van der Waals surface area contributed by atoms with E-state index in [2.05, 4.69) is 76.8 Å². The molecule has 0 amide bonds. The molecule has 26 heavy (non-hydrogen) atoms.